The first kappa shape index (κ1) is 16.1. The Bertz CT molecular complexity index is 527. The van der Waals surface area contributed by atoms with Gasteiger partial charge in [0, 0.05) is 0 Å². The molecule has 1 aromatic carbocycles. The molecule has 0 spiro atoms. The third-order valence-electron chi connectivity index (χ3n) is 3.51. The molecule has 0 heterocycles. The van der Waals surface area contributed by atoms with Crippen molar-refractivity contribution in [3.63, 3.8) is 0 Å². The first-order valence-corrected chi connectivity index (χ1v) is 7.51. The third-order valence-corrected chi connectivity index (χ3v) is 3.51. The van der Waals surface area contributed by atoms with Gasteiger partial charge >= 0.3 is 12.1 Å². The van der Waals surface area contributed by atoms with Gasteiger partial charge in [0.1, 0.15) is 6.61 Å². The van der Waals surface area contributed by atoms with E-state index in [0.717, 1.165) is 12.0 Å². The van der Waals surface area contributed by atoms with Crippen LogP contribution in [-0.2, 0) is 20.9 Å². The lowest BCUT2D eigenvalue weighted by Gasteiger charge is -2.26. The molecule has 0 aromatic heterocycles. The third kappa shape index (κ3) is 4.62. The standard InChI is InChI=1S/C17H21NO4/c1-2-21-16(19)14-10-6-7-11-15(14)18-17(20)22-12-13-8-4-3-5-9-13/h3-5,7-9,11,14-15H,2,6,10,12H2,1H3,(H,18,20)/t14-,15-/m0/s1. The average Bonchev–Trinajstić information content (AvgIpc) is 2.54. The first-order chi connectivity index (χ1) is 10.7. The summed E-state index contributed by atoms with van der Waals surface area (Å²) < 4.78 is 10.2. The van der Waals surface area contributed by atoms with Crippen molar-refractivity contribution in [1.82, 2.24) is 5.32 Å². The molecule has 5 heteroatoms. The van der Waals surface area contributed by atoms with Crippen LogP contribution >= 0.6 is 0 Å². The van der Waals surface area contributed by atoms with Crippen LogP contribution in [0.2, 0.25) is 0 Å². The first-order valence-electron chi connectivity index (χ1n) is 7.51. The molecule has 1 aliphatic carbocycles. The summed E-state index contributed by atoms with van der Waals surface area (Å²) in [4.78, 5) is 23.8. The number of allylic oxidation sites excluding steroid dienone is 1. The molecule has 0 saturated heterocycles. The Kier molecular flexibility index (Phi) is 6.01. The van der Waals surface area contributed by atoms with Crippen molar-refractivity contribution in [1.29, 1.82) is 0 Å². The Labute approximate surface area is 130 Å². The van der Waals surface area contributed by atoms with Crippen LogP contribution in [0.25, 0.3) is 0 Å². The van der Waals surface area contributed by atoms with Gasteiger partial charge in [-0.15, -0.1) is 0 Å². The Balaban J connectivity index is 1.87. The predicted molar refractivity (Wildman–Crippen MR) is 82.0 cm³/mol. The quantitative estimate of drug-likeness (QED) is 0.671. The van der Waals surface area contributed by atoms with Gasteiger partial charge < -0.3 is 14.8 Å². The van der Waals surface area contributed by atoms with Crippen molar-refractivity contribution in [2.24, 2.45) is 5.92 Å². The van der Waals surface area contributed by atoms with E-state index in [1.807, 2.05) is 42.5 Å². The molecular formula is C17H21NO4. The Morgan fingerprint density at radius 2 is 2.00 bits per heavy atom. The molecule has 5 nitrogen and oxygen atoms in total. The Morgan fingerprint density at radius 1 is 1.23 bits per heavy atom. The van der Waals surface area contributed by atoms with E-state index >= 15 is 0 Å². The predicted octanol–water partition coefficient (Wildman–Crippen LogP) is 2.81. The molecule has 0 bridgehead atoms. The maximum Gasteiger partial charge on any atom is 0.407 e. The molecule has 2 atom stereocenters. The van der Waals surface area contributed by atoms with Crippen LogP contribution < -0.4 is 5.32 Å². The van der Waals surface area contributed by atoms with E-state index in [1.54, 1.807) is 6.92 Å². The van der Waals surface area contributed by atoms with E-state index in [9.17, 15) is 9.59 Å². The van der Waals surface area contributed by atoms with E-state index in [2.05, 4.69) is 5.32 Å². The number of nitrogens with one attached hydrogen (secondary N) is 1. The van der Waals surface area contributed by atoms with Crippen LogP contribution in [0.3, 0.4) is 0 Å². The van der Waals surface area contributed by atoms with E-state index in [-0.39, 0.29) is 24.5 Å². The zero-order valence-corrected chi connectivity index (χ0v) is 12.7. The maximum absolute atomic E-state index is 11.9. The summed E-state index contributed by atoms with van der Waals surface area (Å²) in [5.41, 5.74) is 0.916. The summed E-state index contributed by atoms with van der Waals surface area (Å²) in [6.07, 6.45) is 4.72. The molecule has 0 aliphatic heterocycles. The number of rotatable bonds is 5. The van der Waals surface area contributed by atoms with Gasteiger partial charge in [0.25, 0.3) is 0 Å². The van der Waals surface area contributed by atoms with Gasteiger partial charge in [0.2, 0.25) is 0 Å². The van der Waals surface area contributed by atoms with Crippen molar-refractivity contribution >= 4 is 12.1 Å². The molecule has 22 heavy (non-hydrogen) atoms. The molecule has 1 aliphatic rings. The van der Waals surface area contributed by atoms with E-state index in [0.29, 0.717) is 13.0 Å². The number of ether oxygens (including phenoxy) is 2. The summed E-state index contributed by atoms with van der Waals surface area (Å²) in [5, 5.41) is 2.73. The van der Waals surface area contributed by atoms with Crippen LogP contribution in [0.1, 0.15) is 25.3 Å². The fourth-order valence-corrected chi connectivity index (χ4v) is 2.40. The molecule has 0 unspecified atom stereocenters. The SMILES string of the molecule is CCOC(=O)[C@H]1CCC=C[C@@H]1NC(=O)OCc1ccccc1. The number of alkyl carbamates (subject to hydrolysis) is 1. The fourth-order valence-electron chi connectivity index (χ4n) is 2.40. The second-order valence-corrected chi connectivity index (χ2v) is 5.10. The summed E-state index contributed by atoms with van der Waals surface area (Å²) >= 11 is 0. The minimum Gasteiger partial charge on any atom is -0.466 e. The van der Waals surface area contributed by atoms with Gasteiger partial charge in [-0.05, 0) is 25.3 Å². The molecular weight excluding hydrogens is 282 g/mol. The summed E-state index contributed by atoms with van der Waals surface area (Å²) in [5.74, 6) is -0.630. The van der Waals surface area contributed by atoms with E-state index in [1.165, 1.54) is 0 Å². The van der Waals surface area contributed by atoms with Crippen molar-refractivity contribution in [3.8, 4) is 0 Å². The number of esters is 1. The molecule has 1 amide bonds. The van der Waals surface area contributed by atoms with Gasteiger partial charge in [0.15, 0.2) is 0 Å². The maximum atomic E-state index is 11.9. The molecule has 0 radical (unpaired) electrons. The van der Waals surface area contributed by atoms with Crippen LogP contribution in [0.5, 0.6) is 0 Å². The fraction of sp³-hybridized carbons (Fsp3) is 0.412. The second kappa shape index (κ2) is 8.22. The van der Waals surface area contributed by atoms with Gasteiger partial charge in [-0.3, -0.25) is 4.79 Å². The van der Waals surface area contributed by atoms with Crippen molar-refractivity contribution in [2.75, 3.05) is 6.61 Å². The smallest absolute Gasteiger partial charge is 0.407 e. The number of carbonyl (C=O) groups is 2. The molecule has 0 saturated carbocycles. The molecule has 1 aromatic rings. The highest BCUT2D eigenvalue weighted by Gasteiger charge is 2.30. The summed E-state index contributed by atoms with van der Waals surface area (Å²) in [7, 11) is 0. The number of benzene rings is 1. The minimum atomic E-state index is -0.533. The number of amides is 1. The highest BCUT2D eigenvalue weighted by molar-refractivity contribution is 5.76. The van der Waals surface area contributed by atoms with Crippen LogP contribution in [-0.4, -0.2) is 24.7 Å². The van der Waals surface area contributed by atoms with Gasteiger partial charge in [-0.2, -0.15) is 0 Å². The monoisotopic (exact) mass is 303 g/mol. The minimum absolute atomic E-state index is 0.202. The Hall–Kier alpha value is -2.30. The van der Waals surface area contributed by atoms with Gasteiger partial charge in [-0.25, -0.2) is 4.79 Å². The largest absolute Gasteiger partial charge is 0.466 e. The number of hydrogen-bond donors (Lipinski definition) is 1. The average molecular weight is 303 g/mol. The summed E-state index contributed by atoms with van der Waals surface area (Å²) in [6, 6.07) is 9.07. The topological polar surface area (TPSA) is 64.6 Å². The normalized spacial score (nSPS) is 20.2. The van der Waals surface area contributed by atoms with Crippen molar-refractivity contribution < 1.29 is 19.1 Å². The van der Waals surface area contributed by atoms with Crippen LogP contribution in [0.15, 0.2) is 42.5 Å². The summed E-state index contributed by atoms with van der Waals surface area (Å²) in [6.45, 7) is 2.31. The lowest BCUT2D eigenvalue weighted by atomic mass is 9.89. The van der Waals surface area contributed by atoms with E-state index < -0.39 is 6.09 Å². The van der Waals surface area contributed by atoms with Crippen LogP contribution in [0, 0.1) is 5.92 Å². The molecule has 2 rings (SSSR count). The highest BCUT2D eigenvalue weighted by Crippen LogP contribution is 2.20. The highest BCUT2D eigenvalue weighted by atomic mass is 16.5. The molecule has 118 valence electrons. The van der Waals surface area contributed by atoms with Gasteiger partial charge in [-0.1, -0.05) is 42.5 Å². The molecule has 1 N–H and O–H groups in total. The van der Waals surface area contributed by atoms with Crippen molar-refractivity contribution in [3.05, 3.63) is 48.0 Å². The zero-order chi connectivity index (χ0) is 15.8. The zero-order valence-electron chi connectivity index (χ0n) is 12.7. The second-order valence-electron chi connectivity index (χ2n) is 5.10. The van der Waals surface area contributed by atoms with E-state index in [4.69, 9.17) is 9.47 Å². The lowest BCUT2D eigenvalue weighted by molar-refractivity contribution is -0.148. The molecule has 0 fully saturated rings. The number of hydrogen-bond acceptors (Lipinski definition) is 4. The number of carbonyl (C=O) groups excluding carboxylic acids is 2. The van der Waals surface area contributed by atoms with Crippen LogP contribution in [0.4, 0.5) is 4.79 Å². The van der Waals surface area contributed by atoms with Gasteiger partial charge in [0.05, 0.1) is 18.6 Å². The Morgan fingerprint density at radius 3 is 2.73 bits per heavy atom. The van der Waals surface area contributed by atoms with Crippen molar-refractivity contribution in [2.45, 2.75) is 32.4 Å². The lowest BCUT2D eigenvalue weighted by Crippen LogP contribution is -2.44.